The molecule has 9 nitrogen and oxygen atoms in total. The molecule has 0 aliphatic carbocycles. The van der Waals surface area contributed by atoms with Gasteiger partial charge in [-0.3, -0.25) is 14.3 Å². The van der Waals surface area contributed by atoms with Crippen LogP contribution in [-0.2, 0) is 21.2 Å². The first-order valence-electron chi connectivity index (χ1n) is 9.77. The van der Waals surface area contributed by atoms with Crippen molar-refractivity contribution in [2.24, 2.45) is 0 Å². The maximum absolute atomic E-state index is 13.3. The fraction of sp³-hybridized carbons (Fsp3) is 0.286. The molecule has 2 aromatic heterocycles. The van der Waals surface area contributed by atoms with Gasteiger partial charge in [-0.1, -0.05) is 23.5 Å². The molecular formula is C21H23ClN4O5S2. The number of hydrogen-bond donors (Lipinski definition) is 0. The number of hydrogen-bond acceptors (Lipinski definition) is 8. The molecule has 2 heterocycles. The number of para-hydroxylation sites is 2. The van der Waals surface area contributed by atoms with Crippen molar-refractivity contribution in [2.45, 2.75) is 11.4 Å². The minimum absolute atomic E-state index is 0. The van der Waals surface area contributed by atoms with Crippen molar-refractivity contribution >= 4 is 65.9 Å². The number of thiazole rings is 1. The van der Waals surface area contributed by atoms with Crippen molar-refractivity contribution in [1.82, 2.24) is 14.5 Å². The van der Waals surface area contributed by atoms with Gasteiger partial charge in [0.15, 0.2) is 20.6 Å². The Hall–Kier alpha value is -2.73. The third-order valence-corrected chi connectivity index (χ3v) is 7.10. The molecule has 0 aliphatic rings. The monoisotopic (exact) mass is 510 g/mol. The van der Waals surface area contributed by atoms with Crippen molar-refractivity contribution < 1.29 is 17.6 Å². The normalized spacial score (nSPS) is 11.8. The van der Waals surface area contributed by atoms with Gasteiger partial charge in [0.05, 0.1) is 20.6 Å². The zero-order valence-electron chi connectivity index (χ0n) is 18.2. The zero-order chi connectivity index (χ0) is 23.0. The van der Waals surface area contributed by atoms with Gasteiger partial charge in [0.2, 0.25) is 5.91 Å². The first kappa shape index (κ1) is 24.9. The van der Waals surface area contributed by atoms with Crippen molar-refractivity contribution in [3.05, 3.63) is 53.0 Å². The molecule has 176 valence electrons. The Morgan fingerprint density at radius 1 is 1.15 bits per heavy atom. The van der Waals surface area contributed by atoms with Gasteiger partial charge in [-0.2, -0.15) is 0 Å². The largest absolute Gasteiger partial charge is 0.420 e. The average molecular weight is 511 g/mol. The molecule has 0 radical (unpaired) electrons. The van der Waals surface area contributed by atoms with E-state index in [4.69, 9.17) is 4.42 Å². The summed E-state index contributed by atoms with van der Waals surface area (Å²) in [5.74, 6) is -0.919. The number of aromatic nitrogens is 2. The molecule has 2 aromatic carbocycles. The van der Waals surface area contributed by atoms with Gasteiger partial charge in [0.1, 0.15) is 6.54 Å². The number of benzene rings is 2. The smallest absolute Gasteiger partial charge is 0.408 e. The summed E-state index contributed by atoms with van der Waals surface area (Å²) in [6.07, 6.45) is 1.15. The van der Waals surface area contributed by atoms with E-state index in [1.165, 1.54) is 26.9 Å². The molecule has 0 bridgehead atoms. The maximum atomic E-state index is 13.3. The van der Waals surface area contributed by atoms with Crippen LogP contribution in [0.4, 0.5) is 5.13 Å². The minimum Gasteiger partial charge on any atom is -0.408 e. The van der Waals surface area contributed by atoms with Gasteiger partial charge in [0, 0.05) is 19.3 Å². The molecule has 0 saturated carbocycles. The van der Waals surface area contributed by atoms with E-state index in [2.05, 4.69) is 4.98 Å². The van der Waals surface area contributed by atoms with Gasteiger partial charge in [-0.25, -0.2) is 18.2 Å². The van der Waals surface area contributed by atoms with Gasteiger partial charge in [0.25, 0.3) is 0 Å². The van der Waals surface area contributed by atoms with Crippen molar-refractivity contribution in [2.75, 3.05) is 38.3 Å². The zero-order valence-corrected chi connectivity index (χ0v) is 20.7. The summed E-state index contributed by atoms with van der Waals surface area (Å²) in [5, 5.41) is 0.443. The molecule has 0 atom stereocenters. The quantitative estimate of drug-likeness (QED) is 0.376. The first-order chi connectivity index (χ1) is 15.1. The van der Waals surface area contributed by atoms with Crippen LogP contribution < -0.4 is 10.7 Å². The number of oxazole rings is 1. The Bertz CT molecular complexity index is 1470. The average Bonchev–Trinajstić information content (AvgIpc) is 3.27. The highest BCUT2D eigenvalue weighted by Crippen LogP contribution is 2.31. The molecule has 4 rings (SSSR count). The summed E-state index contributed by atoms with van der Waals surface area (Å²) in [5.41, 5.74) is 1.56. The number of fused-ring (bicyclic) bond motifs is 2. The van der Waals surface area contributed by atoms with E-state index >= 15 is 0 Å². The molecule has 33 heavy (non-hydrogen) atoms. The summed E-state index contributed by atoms with van der Waals surface area (Å²) in [6.45, 7) is 0.736. The second-order valence-corrected chi connectivity index (χ2v) is 10.7. The van der Waals surface area contributed by atoms with Gasteiger partial charge < -0.3 is 9.32 Å². The number of sulfone groups is 1. The van der Waals surface area contributed by atoms with E-state index in [0.29, 0.717) is 39.5 Å². The molecule has 1 amide bonds. The predicted molar refractivity (Wildman–Crippen MR) is 131 cm³/mol. The Kier molecular flexibility index (Phi) is 7.27. The van der Waals surface area contributed by atoms with Gasteiger partial charge in [-0.05, 0) is 44.4 Å². The molecule has 0 spiro atoms. The molecule has 0 N–H and O–H groups in total. The van der Waals surface area contributed by atoms with Crippen LogP contribution in [0, 0.1) is 0 Å². The SMILES string of the molecule is CN(C)CCN(C(=O)Cn1c(=O)oc2ccccc21)c1nc2ccc(S(C)(=O)=O)cc2s1.Cl. The lowest BCUT2D eigenvalue weighted by atomic mass is 10.3. The van der Waals surface area contributed by atoms with Crippen LogP contribution in [0.5, 0.6) is 0 Å². The van der Waals surface area contributed by atoms with E-state index in [-0.39, 0.29) is 29.8 Å². The molecule has 0 fully saturated rings. The lowest BCUT2D eigenvalue weighted by Crippen LogP contribution is -2.39. The predicted octanol–water partition coefficient (Wildman–Crippen LogP) is 2.62. The molecule has 0 unspecified atom stereocenters. The lowest BCUT2D eigenvalue weighted by molar-refractivity contribution is -0.119. The summed E-state index contributed by atoms with van der Waals surface area (Å²) >= 11 is 1.24. The second-order valence-electron chi connectivity index (χ2n) is 7.67. The number of anilines is 1. The Morgan fingerprint density at radius 2 is 1.88 bits per heavy atom. The number of nitrogens with zero attached hydrogens (tertiary/aromatic N) is 4. The van der Waals surface area contributed by atoms with Crippen LogP contribution in [-0.4, -0.2) is 62.2 Å². The van der Waals surface area contributed by atoms with E-state index < -0.39 is 15.6 Å². The number of carbonyl (C=O) groups excluding carboxylic acids is 1. The van der Waals surface area contributed by atoms with Crippen LogP contribution in [0.1, 0.15) is 0 Å². The van der Waals surface area contributed by atoms with Crippen molar-refractivity contribution in [1.29, 1.82) is 0 Å². The van der Waals surface area contributed by atoms with Crippen molar-refractivity contribution in [3.63, 3.8) is 0 Å². The minimum atomic E-state index is -3.36. The molecular weight excluding hydrogens is 488 g/mol. The van der Waals surface area contributed by atoms with Crippen LogP contribution in [0.25, 0.3) is 21.3 Å². The van der Waals surface area contributed by atoms with Crippen molar-refractivity contribution in [3.8, 4) is 0 Å². The first-order valence-corrected chi connectivity index (χ1v) is 12.5. The van der Waals surface area contributed by atoms with Crippen LogP contribution in [0.15, 0.2) is 56.6 Å². The Balaban J connectivity index is 0.00000306. The fourth-order valence-corrected chi connectivity index (χ4v) is 5.02. The lowest BCUT2D eigenvalue weighted by Gasteiger charge is -2.22. The Labute approximate surface area is 200 Å². The van der Waals surface area contributed by atoms with Crippen LogP contribution >= 0.6 is 23.7 Å². The van der Waals surface area contributed by atoms with Gasteiger partial charge in [-0.15, -0.1) is 12.4 Å². The molecule has 12 heteroatoms. The van der Waals surface area contributed by atoms with E-state index in [1.807, 2.05) is 19.0 Å². The number of rotatable bonds is 7. The number of likely N-dealkylation sites (N-methyl/N-ethyl adjacent to an activating group) is 1. The van der Waals surface area contributed by atoms with E-state index in [0.717, 1.165) is 6.26 Å². The van der Waals surface area contributed by atoms with Crippen LogP contribution in [0.3, 0.4) is 0 Å². The number of amides is 1. The summed E-state index contributed by atoms with van der Waals surface area (Å²) in [7, 11) is 0.433. The third kappa shape index (κ3) is 5.27. The number of halogens is 1. The Morgan fingerprint density at radius 3 is 2.58 bits per heavy atom. The van der Waals surface area contributed by atoms with Gasteiger partial charge >= 0.3 is 5.76 Å². The molecule has 4 aromatic rings. The van der Waals surface area contributed by atoms with E-state index in [9.17, 15) is 18.0 Å². The molecule has 0 aliphatic heterocycles. The highest BCUT2D eigenvalue weighted by atomic mass is 35.5. The maximum Gasteiger partial charge on any atom is 0.420 e. The highest BCUT2D eigenvalue weighted by molar-refractivity contribution is 7.90. The summed E-state index contributed by atoms with van der Waals surface area (Å²) in [6, 6.07) is 11.6. The second kappa shape index (κ2) is 9.64. The van der Waals surface area contributed by atoms with E-state index in [1.54, 1.807) is 36.4 Å². The third-order valence-electron chi connectivity index (χ3n) is 4.95. The number of carbonyl (C=O) groups is 1. The summed E-state index contributed by atoms with van der Waals surface area (Å²) in [4.78, 5) is 33.8. The molecule has 0 saturated heterocycles. The van der Waals surface area contributed by atoms with Crippen LogP contribution in [0.2, 0.25) is 0 Å². The highest BCUT2D eigenvalue weighted by Gasteiger charge is 2.23. The standard InChI is InChI=1S/C21H22N4O5S2.ClH/c1-23(2)10-11-24(19(26)13-25-16-6-4-5-7-17(16)30-21(25)27)20-22-15-9-8-14(32(3,28)29)12-18(15)31-20;/h4-9,12H,10-11,13H2,1-3H3;1H. The fourth-order valence-electron chi connectivity index (χ4n) is 3.25. The summed E-state index contributed by atoms with van der Waals surface area (Å²) < 4.78 is 31.0. The topological polar surface area (TPSA) is 106 Å².